The van der Waals surface area contributed by atoms with E-state index < -0.39 is 12.0 Å². The third-order valence-electron chi connectivity index (χ3n) is 3.37. The summed E-state index contributed by atoms with van der Waals surface area (Å²) in [5, 5.41) is 8.97. The molecule has 1 fully saturated rings. The molecule has 0 bridgehead atoms. The van der Waals surface area contributed by atoms with Crippen molar-refractivity contribution < 1.29 is 14.7 Å². The lowest BCUT2D eigenvalue weighted by atomic mass is 9.92. The van der Waals surface area contributed by atoms with Gasteiger partial charge in [0, 0.05) is 20.1 Å². The molecule has 0 saturated heterocycles. The van der Waals surface area contributed by atoms with Crippen LogP contribution < -0.4 is 0 Å². The molecule has 1 atom stereocenters. The summed E-state index contributed by atoms with van der Waals surface area (Å²) in [5.74, 6) is -0.944. The Kier molecular flexibility index (Phi) is 4.15. The molecule has 1 N–H and O–H groups in total. The first-order valence-corrected chi connectivity index (χ1v) is 5.71. The molecule has 1 unspecified atom stereocenters. The summed E-state index contributed by atoms with van der Waals surface area (Å²) in [6.45, 7) is 1.77. The zero-order chi connectivity index (χ0) is 12.3. The Morgan fingerprint density at radius 3 is 2.25 bits per heavy atom. The van der Waals surface area contributed by atoms with Crippen molar-refractivity contribution in [2.75, 3.05) is 14.1 Å². The maximum absolute atomic E-state index is 12.0. The SMILES string of the molecule is CCC(C(=O)O)N(C)C(=O)N(C)C1CCC1. The van der Waals surface area contributed by atoms with Crippen molar-refractivity contribution in [3.8, 4) is 0 Å². The van der Waals surface area contributed by atoms with E-state index in [9.17, 15) is 9.59 Å². The van der Waals surface area contributed by atoms with E-state index in [1.165, 1.54) is 4.90 Å². The predicted molar refractivity (Wildman–Crippen MR) is 60.3 cm³/mol. The molecule has 5 nitrogen and oxygen atoms in total. The Bertz CT molecular complexity index is 276. The Balaban J connectivity index is 2.60. The van der Waals surface area contributed by atoms with Crippen LogP contribution in [0.4, 0.5) is 4.79 Å². The highest BCUT2D eigenvalue weighted by molar-refractivity contribution is 5.82. The fraction of sp³-hybridized carbons (Fsp3) is 0.818. The summed E-state index contributed by atoms with van der Waals surface area (Å²) in [4.78, 5) is 25.9. The lowest BCUT2D eigenvalue weighted by Crippen LogP contribution is -2.51. The third kappa shape index (κ3) is 2.46. The number of carboxylic acid groups (broad SMARTS) is 1. The van der Waals surface area contributed by atoms with Crippen LogP contribution in [-0.2, 0) is 4.79 Å². The number of rotatable bonds is 4. The van der Waals surface area contributed by atoms with Crippen LogP contribution in [0.25, 0.3) is 0 Å². The van der Waals surface area contributed by atoms with Gasteiger partial charge in [-0.3, -0.25) is 0 Å². The van der Waals surface area contributed by atoms with E-state index >= 15 is 0 Å². The van der Waals surface area contributed by atoms with Crippen LogP contribution in [-0.4, -0.2) is 53.1 Å². The Labute approximate surface area is 96.0 Å². The fourth-order valence-corrected chi connectivity index (χ4v) is 1.93. The van der Waals surface area contributed by atoms with Gasteiger partial charge in [-0.1, -0.05) is 6.92 Å². The molecule has 0 spiro atoms. The van der Waals surface area contributed by atoms with Crippen molar-refractivity contribution in [1.29, 1.82) is 0 Å². The molecule has 0 radical (unpaired) electrons. The molecule has 92 valence electrons. The summed E-state index contributed by atoms with van der Waals surface area (Å²) in [7, 11) is 3.30. The number of nitrogens with zero attached hydrogens (tertiary/aromatic N) is 2. The van der Waals surface area contributed by atoms with Crippen molar-refractivity contribution in [1.82, 2.24) is 9.80 Å². The van der Waals surface area contributed by atoms with E-state index in [1.807, 2.05) is 0 Å². The van der Waals surface area contributed by atoms with Gasteiger partial charge in [0.2, 0.25) is 0 Å². The monoisotopic (exact) mass is 228 g/mol. The summed E-state index contributed by atoms with van der Waals surface area (Å²) in [6, 6.07) is -0.629. The van der Waals surface area contributed by atoms with Gasteiger partial charge >= 0.3 is 12.0 Å². The standard InChI is InChI=1S/C11H20N2O3/c1-4-9(10(14)15)13(3)11(16)12(2)8-6-5-7-8/h8-9H,4-7H2,1-3H3,(H,14,15). The van der Waals surface area contributed by atoms with Crippen molar-refractivity contribution in [2.45, 2.75) is 44.7 Å². The molecule has 1 aliphatic carbocycles. The quantitative estimate of drug-likeness (QED) is 0.791. The lowest BCUT2D eigenvalue weighted by molar-refractivity contribution is -0.142. The molecule has 0 aromatic rings. The van der Waals surface area contributed by atoms with Crippen molar-refractivity contribution in [2.24, 2.45) is 0 Å². The Hall–Kier alpha value is -1.26. The number of hydrogen-bond donors (Lipinski definition) is 1. The molecular formula is C11H20N2O3. The molecule has 1 rings (SSSR count). The molecule has 1 saturated carbocycles. The van der Waals surface area contributed by atoms with E-state index in [0.717, 1.165) is 19.3 Å². The number of amides is 2. The van der Waals surface area contributed by atoms with Gasteiger partial charge in [-0.05, 0) is 25.7 Å². The van der Waals surface area contributed by atoms with Crippen LogP contribution in [0.5, 0.6) is 0 Å². The molecule has 0 aliphatic heterocycles. The van der Waals surface area contributed by atoms with Gasteiger partial charge in [0.1, 0.15) is 6.04 Å². The Morgan fingerprint density at radius 2 is 1.94 bits per heavy atom. The number of carboxylic acids is 1. The second-order valence-corrected chi connectivity index (χ2v) is 4.35. The predicted octanol–water partition coefficient (Wildman–Crippen LogP) is 1.39. The highest BCUT2D eigenvalue weighted by Gasteiger charge is 2.31. The van der Waals surface area contributed by atoms with Gasteiger partial charge in [0.25, 0.3) is 0 Å². The minimum absolute atomic E-state index is 0.195. The maximum atomic E-state index is 12.0. The largest absolute Gasteiger partial charge is 0.480 e. The molecule has 2 amide bonds. The van der Waals surface area contributed by atoms with Crippen LogP contribution in [0.1, 0.15) is 32.6 Å². The van der Waals surface area contributed by atoms with Crippen LogP contribution >= 0.6 is 0 Å². The number of carbonyl (C=O) groups excluding carboxylic acids is 1. The first-order chi connectivity index (χ1) is 7.49. The average Bonchev–Trinajstić information content (AvgIpc) is 2.14. The van der Waals surface area contributed by atoms with Gasteiger partial charge in [-0.15, -0.1) is 0 Å². The molecular weight excluding hydrogens is 208 g/mol. The van der Waals surface area contributed by atoms with Crippen LogP contribution in [0.2, 0.25) is 0 Å². The average molecular weight is 228 g/mol. The van der Waals surface area contributed by atoms with Crippen LogP contribution in [0.3, 0.4) is 0 Å². The minimum Gasteiger partial charge on any atom is -0.480 e. The highest BCUT2D eigenvalue weighted by atomic mass is 16.4. The topological polar surface area (TPSA) is 60.9 Å². The number of carbonyl (C=O) groups is 2. The van der Waals surface area contributed by atoms with Crippen molar-refractivity contribution in [3.63, 3.8) is 0 Å². The summed E-state index contributed by atoms with van der Waals surface area (Å²) in [6.07, 6.45) is 3.64. The van der Waals surface area contributed by atoms with Crippen LogP contribution in [0.15, 0.2) is 0 Å². The molecule has 16 heavy (non-hydrogen) atoms. The van der Waals surface area contributed by atoms with Gasteiger partial charge in [0.05, 0.1) is 0 Å². The first-order valence-electron chi connectivity index (χ1n) is 5.71. The summed E-state index contributed by atoms with van der Waals surface area (Å²) < 4.78 is 0. The van der Waals surface area contributed by atoms with E-state index in [2.05, 4.69) is 0 Å². The Morgan fingerprint density at radius 1 is 1.38 bits per heavy atom. The molecule has 0 aromatic heterocycles. The van der Waals surface area contributed by atoms with E-state index in [-0.39, 0.29) is 6.03 Å². The summed E-state index contributed by atoms with van der Waals surface area (Å²) in [5.41, 5.74) is 0. The molecule has 0 aromatic carbocycles. The van der Waals surface area contributed by atoms with E-state index in [0.29, 0.717) is 12.5 Å². The second-order valence-electron chi connectivity index (χ2n) is 4.35. The molecule has 5 heteroatoms. The molecule has 1 aliphatic rings. The van der Waals surface area contributed by atoms with Crippen molar-refractivity contribution >= 4 is 12.0 Å². The lowest BCUT2D eigenvalue weighted by Gasteiger charge is -2.38. The number of likely N-dealkylation sites (N-methyl/N-ethyl adjacent to an activating group) is 1. The van der Waals surface area contributed by atoms with Gasteiger partial charge < -0.3 is 14.9 Å². The normalized spacial score (nSPS) is 17.4. The van der Waals surface area contributed by atoms with Crippen molar-refractivity contribution in [3.05, 3.63) is 0 Å². The first kappa shape index (κ1) is 12.8. The van der Waals surface area contributed by atoms with E-state index in [1.54, 1.807) is 25.9 Å². The van der Waals surface area contributed by atoms with Crippen LogP contribution in [0, 0.1) is 0 Å². The maximum Gasteiger partial charge on any atom is 0.326 e. The summed E-state index contributed by atoms with van der Waals surface area (Å²) >= 11 is 0. The van der Waals surface area contributed by atoms with E-state index in [4.69, 9.17) is 5.11 Å². The smallest absolute Gasteiger partial charge is 0.326 e. The van der Waals surface area contributed by atoms with Gasteiger partial charge in [-0.2, -0.15) is 0 Å². The zero-order valence-corrected chi connectivity index (χ0v) is 10.1. The number of hydrogen-bond acceptors (Lipinski definition) is 2. The minimum atomic E-state index is -0.944. The van der Waals surface area contributed by atoms with Gasteiger partial charge in [0.15, 0.2) is 0 Å². The fourth-order valence-electron chi connectivity index (χ4n) is 1.93. The highest BCUT2D eigenvalue weighted by Crippen LogP contribution is 2.24. The van der Waals surface area contributed by atoms with Gasteiger partial charge in [-0.25, -0.2) is 9.59 Å². The number of aliphatic carboxylic acids is 1. The third-order valence-corrected chi connectivity index (χ3v) is 3.37. The molecule has 0 heterocycles. The number of urea groups is 1. The second kappa shape index (κ2) is 5.18. The zero-order valence-electron chi connectivity index (χ0n) is 10.1.